The number of benzene rings is 1. The van der Waals surface area contributed by atoms with Crippen LogP contribution in [0.15, 0.2) is 40.2 Å². The molecule has 0 radical (unpaired) electrons. The van der Waals surface area contributed by atoms with Crippen molar-refractivity contribution in [3.05, 3.63) is 57.1 Å². The molecule has 0 bridgehead atoms. The normalized spacial score (nSPS) is 12.5. The lowest BCUT2D eigenvalue weighted by Gasteiger charge is -2.15. The lowest BCUT2D eigenvalue weighted by molar-refractivity contribution is 0.722. The maximum Gasteiger partial charge on any atom is 0.314 e. The quantitative estimate of drug-likeness (QED) is 0.628. The number of imidazole rings is 1. The van der Waals surface area contributed by atoms with Gasteiger partial charge in [0.2, 0.25) is 0 Å². The van der Waals surface area contributed by atoms with Crippen LogP contribution in [0.4, 0.5) is 5.69 Å². The van der Waals surface area contributed by atoms with E-state index < -0.39 is 11.1 Å². The SMILES string of the molecule is CC(Nc1ccc2[nH]c(=O)c(=O)[nH]c2c1)c1nccn1C. The van der Waals surface area contributed by atoms with Gasteiger partial charge in [0.15, 0.2) is 0 Å². The van der Waals surface area contributed by atoms with Gasteiger partial charge in [0.1, 0.15) is 5.82 Å². The summed E-state index contributed by atoms with van der Waals surface area (Å²) in [6.07, 6.45) is 3.63. The molecule has 7 nitrogen and oxygen atoms in total. The standard InChI is InChI=1S/C14H15N5O2/c1-8(12-15-5-6-19(12)2)16-9-3-4-10-11(7-9)18-14(21)13(20)17-10/h3-8,16H,1-2H3,(H,17,20)(H,18,21). The number of anilines is 1. The van der Waals surface area contributed by atoms with Crippen LogP contribution < -0.4 is 16.4 Å². The minimum Gasteiger partial charge on any atom is -0.375 e. The Labute approximate surface area is 119 Å². The molecular weight excluding hydrogens is 270 g/mol. The number of aromatic nitrogens is 4. The molecule has 0 amide bonds. The molecule has 1 unspecified atom stereocenters. The predicted molar refractivity (Wildman–Crippen MR) is 80.4 cm³/mol. The van der Waals surface area contributed by atoms with Crippen LogP contribution in [-0.2, 0) is 7.05 Å². The zero-order valence-corrected chi connectivity index (χ0v) is 11.7. The third-order valence-corrected chi connectivity index (χ3v) is 3.35. The summed E-state index contributed by atoms with van der Waals surface area (Å²) in [6.45, 7) is 2.00. The Hall–Kier alpha value is -2.83. The number of aromatic amines is 2. The Kier molecular flexibility index (Phi) is 3.09. The van der Waals surface area contributed by atoms with Crippen molar-refractivity contribution in [3.63, 3.8) is 0 Å². The number of hydrogen-bond donors (Lipinski definition) is 3. The van der Waals surface area contributed by atoms with E-state index in [9.17, 15) is 9.59 Å². The van der Waals surface area contributed by atoms with Crippen molar-refractivity contribution in [3.8, 4) is 0 Å². The summed E-state index contributed by atoms with van der Waals surface area (Å²) in [5.41, 5.74) is 0.702. The molecule has 3 rings (SSSR count). The average Bonchev–Trinajstić information content (AvgIpc) is 2.87. The van der Waals surface area contributed by atoms with E-state index in [0.29, 0.717) is 11.0 Å². The molecule has 0 fully saturated rings. The molecular formula is C14H15N5O2. The third kappa shape index (κ3) is 2.45. The van der Waals surface area contributed by atoms with Crippen LogP contribution >= 0.6 is 0 Å². The van der Waals surface area contributed by atoms with Crippen molar-refractivity contribution in [2.45, 2.75) is 13.0 Å². The van der Waals surface area contributed by atoms with E-state index in [4.69, 9.17) is 0 Å². The zero-order chi connectivity index (χ0) is 15.0. The number of hydrogen-bond acceptors (Lipinski definition) is 4. The van der Waals surface area contributed by atoms with Gasteiger partial charge in [-0.2, -0.15) is 0 Å². The summed E-state index contributed by atoms with van der Waals surface area (Å²) in [5, 5.41) is 3.31. The molecule has 7 heteroatoms. The molecule has 0 saturated carbocycles. The lowest BCUT2D eigenvalue weighted by atomic mass is 10.2. The van der Waals surface area contributed by atoms with Crippen LogP contribution in [0.25, 0.3) is 11.0 Å². The van der Waals surface area contributed by atoms with Crippen LogP contribution in [0.5, 0.6) is 0 Å². The van der Waals surface area contributed by atoms with E-state index >= 15 is 0 Å². The van der Waals surface area contributed by atoms with Crippen molar-refractivity contribution in [1.82, 2.24) is 19.5 Å². The molecule has 0 aliphatic rings. The van der Waals surface area contributed by atoms with Crippen molar-refractivity contribution >= 4 is 16.7 Å². The monoisotopic (exact) mass is 285 g/mol. The number of rotatable bonds is 3. The minimum absolute atomic E-state index is 0.0110. The van der Waals surface area contributed by atoms with E-state index in [-0.39, 0.29) is 6.04 Å². The maximum absolute atomic E-state index is 11.4. The largest absolute Gasteiger partial charge is 0.375 e. The maximum atomic E-state index is 11.4. The number of H-pyrrole nitrogens is 2. The Morgan fingerprint density at radius 3 is 2.57 bits per heavy atom. The van der Waals surface area contributed by atoms with E-state index in [1.165, 1.54) is 0 Å². The highest BCUT2D eigenvalue weighted by Crippen LogP contribution is 2.19. The fraction of sp³-hybridized carbons (Fsp3) is 0.214. The van der Waals surface area contributed by atoms with Gasteiger partial charge in [-0.1, -0.05) is 0 Å². The Morgan fingerprint density at radius 2 is 1.90 bits per heavy atom. The predicted octanol–water partition coefficient (Wildman–Crippen LogP) is 1.12. The number of nitrogens with one attached hydrogen (secondary N) is 3. The van der Waals surface area contributed by atoms with Crippen LogP contribution in [0.3, 0.4) is 0 Å². The first-order valence-corrected chi connectivity index (χ1v) is 6.55. The van der Waals surface area contributed by atoms with Gasteiger partial charge in [-0.25, -0.2) is 4.98 Å². The molecule has 3 N–H and O–H groups in total. The summed E-state index contributed by atoms with van der Waals surface area (Å²) >= 11 is 0. The highest BCUT2D eigenvalue weighted by Gasteiger charge is 2.10. The highest BCUT2D eigenvalue weighted by molar-refractivity contribution is 5.78. The second kappa shape index (κ2) is 4.93. The van der Waals surface area contributed by atoms with Gasteiger partial charge in [0.25, 0.3) is 0 Å². The summed E-state index contributed by atoms with van der Waals surface area (Å²) in [6, 6.07) is 5.39. The summed E-state index contributed by atoms with van der Waals surface area (Å²) in [5.74, 6) is 0.907. The van der Waals surface area contributed by atoms with Gasteiger partial charge in [-0.05, 0) is 25.1 Å². The third-order valence-electron chi connectivity index (χ3n) is 3.35. The van der Waals surface area contributed by atoms with Gasteiger partial charge in [0.05, 0.1) is 17.1 Å². The van der Waals surface area contributed by atoms with Crippen molar-refractivity contribution in [2.75, 3.05) is 5.32 Å². The molecule has 21 heavy (non-hydrogen) atoms. The smallest absolute Gasteiger partial charge is 0.314 e. The lowest BCUT2D eigenvalue weighted by Crippen LogP contribution is -2.28. The topological polar surface area (TPSA) is 95.6 Å². The van der Waals surface area contributed by atoms with Crippen LogP contribution in [-0.4, -0.2) is 19.5 Å². The second-order valence-corrected chi connectivity index (χ2v) is 4.93. The van der Waals surface area contributed by atoms with Crippen LogP contribution in [0.2, 0.25) is 0 Å². The van der Waals surface area contributed by atoms with Crippen molar-refractivity contribution < 1.29 is 0 Å². The summed E-state index contributed by atoms with van der Waals surface area (Å²) < 4.78 is 1.94. The molecule has 0 aliphatic heterocycles. The van der Waals surface area contributed by atoms with Gasteiger partial charge >= 0.3 is 11.1 Å². The molecule has 0 aliphatic carbocycles. The molecule has 1 aromatic carbocycles. The second-order valence-electron chi connectivity index (χ2n) is 4.93. The van der Waals surface area contributed by atoms with Gasteiger partial charge in [0, 0.05) is 25.1 Å². The van der Waals surface area contributed by atoms with Crippen molar-refractivity contribution in [1.29, 1.82) is 0 Å². The molecule has 1 atom stereocenters. The molecule has 2 heterocycles. The van der Waals surface area contributed by atoms with E-state index in [2.05, 4.69) is 20.3 Å². The first-order valence-electron chi connectivity index (χ1n) is 6.55. The van der Waals surface area contributed by atoms with Gasteiger partial charge < -0.3 is 19.9 Å². The highest BCUT2D eigenvalue weighted by atomic mass is 16.2. The first kappa shape index (κ1) is 13.2. The number of aryl methyl sites for hydroxylation is 1. The molecule has 0 spiro atoms. The zero-order valence-electron chi connectivity index (χ0n) is 11.7. The Bertz CT molecular complexity index is 905. The summed E-state index contributed by atoms with van der Waals surface area (Å²) in [4.78, 5) is 32.0. The van der Waals surface area contributed by atoms with E-state index in [0.717, 1.165) is 11.5 Å². The average molecular weight is 285 g/mol. The van der Waals surface area contributed by atoms with Gasteiger partial charge in [-0.15, -0.1) is 0 Å². The van der Waals surface area contributed by atoms with E-state index in [1.54, 1.807) is 18.3 Å². The number of nitrogens with zero attached hydrogens (tertiary/aromatic N) is 2. The summed E-state index contributed by atoms with van der Waals surface area (Å²) in [7, 11) is 1.93. The molecule has 0 saturated heterocycles. The molecule has 108 valence electrons. The van der Waals surface area contributed by atoms with Crippen molar-refractivity contribution in [2.24, 2.45) is 7.05 Å². The van der Waals surface area contributed by atoms with Gasteiger partial charge in [-0.3, -0.25) is 9.59 Å². The fourth-order valence-electron chi connectivity index (χ4n) is 2.31. The van der Waals surface area contributed by atoms with Crippen LogP contribution in [0, 0.1) is 0 Å². The minimum atomic E-state index is -0.656. The Morgan fingerprint density at radius 1 is 1.19 bits per heavy atom. The molecule has 2 aromatic heterocycles. The molecule has 3 aromatic rings. The number of fused-ring (bicyclic) bond motifs is 1. The Balaban J connectivity index is 1.94. The van der Waals surface area contributed by atoms with Crippen LogP contribution in [0.1, 0.15) is 18.8 Å². The fourth-order valence-corrected chi connectivity index (χ4v) is 2.31. The van der Waals surface area contributed by atoms with E-state index in [1.807, 2.05) is 30.8 Å². The first-order chi connectivity index (χ1) is 10.0.